The van der Waals surface area contributed by atoms with E-state index in [1.54, 1.807) is 0 Å². The van der Waals surface area contributed by atoms with Crippen molar-refractivity contribution < 1.29 is 14.8 Å². The molecule has 0 unspecified atom stereocenters. The van der Waals surface area contributed by atoms with Crippen LogP contribution in [0.5, 0.6) is 0 Å². The maximum Gasteiger partial charge on any atom is 0.292 e. The predicted octanol–water partition coefficient (Wildman–Crippen LogP) is -0.531. The van der Waals surface area contributed by atoms with Crippen molar-refractivity contribution in [2.45, 2.75) is 6.42 Å². The number of hydrogen-bond donors (Lipinski definition) is 1. The third kappa shape index (κ3) is 2.19. The van der Waals surface area contributed by atoms with E-state index in [1.165, 1.54) is 12.1 Å². The first-order valence-electron chi connectivity index (χ1n) is 3.73. The normalized spacial score (nSPS) is 9.71. The summed E-state index contributed by atoms with van der Waals surface area (Å²) < 4.78 is 0. The molecule has 0 radical (unpaired) electrons. The van der Waals surface area contributed by atoms with Crippen molar-refractivity contribution in [1.82, 2.24) is 0 Å². The highest BCUT2D eigenvalue weighted by atomic mass is 16.6. The van der Waals surface area contributed by atoms with E-state index in [0.29, 0.717) is 5.56 Å². The van der Waals surface area contributed by atoms with Crippen LogP contribution < -0.4 is 10.8 Å². The Morgan fingerprint density at radius 1 is 1.50 bits per heavy atom. The Bertz CT molecular complexity index is 389. The first-order chi connectivity index (χ1) is 6.50. The van der Waals surface area contributed by atoms with E-state index in [2.05, 4.69) is 0 Å². The predicted molar refractivity (Wildman–Crippen MR) is 46.2 cm³/mol. The molecule has 0 fully saturated rings. The molecule has 0 aromatic heterocycles. The van der Waals surface area contributed by atoms with Gasteiger partial charge in [0.05, 0.1) is 4.92 Å². The highest BCUT2D eigenvalue weighted by Crippen LogP contribution is 2.22. The third-order valence-electron chi connectivity index (χ3n) is 1.64. The summed E-state index contributed by atoms with van der Waals surface area (Å²) in [6.07, 6.45) is -0.360. The average Bonchev–Trinajstić information content (AvgIpc) is 2.07. The van der Waals surface area contributed by atoms with E-state index in [9.17, 15) is 20.0 Å². The minimum Gasteiger partial charge on any atom is -0.550 e. The van der Waals surface area contributed by atoms with Crippen LogP contribution in [0.3, 0.4) is 0 Å². The van der Waals surface area contributed by atoms with Gasteiger partial charge in [-0.1, -0.05) is 6.07 Å². The topological polar surface area (TPSA) is 109 Å². The van der Waals surface area contributed by atoms with Crippen molar-refractivity contribution in [3.8, 4) is 0 Å². The molecule has 74 valence electrons. The molecule has 0 saturated carbocycles. The second-order valence-corrected chi connectivity index (χ2v) is 2.70. The molecule has 0 atom stereocenters. The van der Waals surface area contributed by atoms with Crippen LogP contribution in [-0.2, 0) is 11.2 Å². The number of nitro groups is 1. The van der Waals surface area contributed by atoms with Gasteiger partial charge >= 0.3 is 0 Å². The van der Waals surface area contributed by atoms with Crippen molar-refractivity contribution in [3.63, 3.8) is 0 Å². The number of nitro benzene ring substituents is 1. The van der Waals surface area contributed by atoms with Gasteiger partial charge in [0, 0.05) is 18.5 Å². The minimum atomic E-state index is -1.29. The summed E-state index contributed by atoms with van der Waals surface area (Å²) in [5, 5.41) is 20.6. The highest BCUT2D eigenvalue weighted by Gasteiger charge is 2.11. The summed E-state index contributed by atoms with van der Waals surface area (Å²) in [4.78, 5) is 20.0. The van der Waals surface area contributed by atoms with Crippen LogP contribution in [0.1, 0.15) is 5.56 Å². The van der Waals surface area contributed by atoms with Crippen LogP contribution in [0, 0.1) is 10.1 Å². The van der Waals surface area contributed by atoms with E-state index in [4.69, 9.17) is 5.73 Å². The van der Waals surface area contributed by atoms with Crippen LogP contribution in [0.25, 0.3) is 0 Å². The molecule has 1 aromatic rings. The Hall–Kier alpha value is -2.11. The monoisotopic (exact) mass is 195 g/mol. The summed E-state index contributed by atoms with van der Waals surface area (Å²) in [6, 6.07) is 3.85. The lowest BCUT2D eigenvalue weighted by molar-refractivity contribution is -0.384. The van der Waals surface area contributed by atoms with Crippen molar-refractivity contribution in [2.75, 3.05) is 5.73 Å². The number of rotatable bonds is 3. The first kappa shape index (κ1) is 9.97. The number of hydrogen-bond acceptors (Lipinski definition) is 5. The summed E-state index contributed by atoms with van der Waals surface area (Å²) >= 11 is 0. The number of nitrogen functional groups attached to an aromatic ring is 1. The van der Waals surface area contributed by atoms with Gasteiger partial charge in [-0.25, -0.2) is 0 Å². The Kier molecular flexibility index (Phi) is 2.66. The summed E-state index contributed by atoms with van der Waals surface area (Å²) in [5.41, 5.74) is 5.34. The number of nitrogens with zero attached hydrogens (tertiary/aromatic N) is 1. The number of nitrogens with two attached hydrogens (primary N) is 1. The van der Waals surface area contributed by atoms with Crippen LogP contribution in [0.4, 0.5) is 11.4 Å². The van der Waals surface area contributed by atoms with Gasteiger partial charge in [-0.3, -0.25) is 10.1 Å². The maximum absolute atomic E-state index is 10.4. The van der Waals surface area contributed by atoms with Crippen LogP contribution in [-0.4, -0.2) is 10.9 Å². The van der Waals surface area contributed by atoms with Crippen LogP contribution >= 0.6 is 0 Å². The van der Waals surface area contributed by atoms with Gasteiger partial charge in [-0.05, 0) is 11.6 Å². The summed E-state index contributed by atoms with van der Waals surface area (Å²) in [7, 11) is 0. The Labute approximate surface area is 79.1 Å². The van der Waals surface area contributed by atoms with E-state index >= 15 is 0 Å². The molecule has 0 aliphatic carbocycles. The van der Waals surface area contributed by atoms with Crippen molar-refractivity contribution >= 4 is 17.3 Å². The molecule has 0 heterocycles. The second kappa shape index (κ2) is 3.73. The average molecular weight is 195 g/mol. The number of carbonyl (C=O) groups is 1. The highest BCUT2D eigenvalue weighted by molar-refractivity contribution is 5.70. The second-order valence-electron chi connectivity index (χ2n) is 2.70. The van der Waals surface area contributed by atoms with Gasteiger partial charge in [0.2, 0.25) is 0 Å². The molecule has 0 aliphatic heterocycles. The molecule has 1 rings (SSSR count). The van der Waals surface area contributed by atoms with Crippen molar-refractivity contribution in [3.05, 3.63) is 33.9 Å². The standard InChI is InChI=1S/C8H8N2O4/c9-6-2-1-5(4-8(11)12)3-7(6)10(13)14/h1-3H,4,9H2,(H,11,12)/p-1. The smallest absolute Gasteiger partial charge is 0.292 e. The zero-order valence-electron chi connectivity index (χ0n) is 7.10. The number of carboxylic acid groups (broad SMARTS) is 1. The molecule has 14 heavy (non-hydrogen) atoms. The largest absolute Gasteiger partial charge is 0.550 e. The van der Waals surface area contributed by atoms with Crippen molar-refractivity contribution in [2.24, 2.45) is 0 Å². The number of carbonyl (C=O) groups excluding carboxylic acids is 1. The Balaban J connectivity index is 3.06. The first-order valence-corrected chi connectivity index (χ1v) is 3.73. The molecular weight excluding hydrogens is 188 g/mol. The number of aliphatic carboxylic acids is 1. The van der Waals surface area contributed by atoms with Crippen LogP contribution in [0.2, 0.25) is 0 Å². The molecule has 0 amide bonds. The van der Waals surface area contributed by atoms with E-state index in [1.807, 2.05) is 0 Å². The van der Waals surface area contributed by atoms with E-state index in [0.717, 1.165) is 6.07 Å². The molecule has 0 bridgehead atoms. The summed E-state index contributed by atoms with van der Waals surface area (Å²) in [6.45, 7) is 0. The molecular formula is C8H7N2O4-. The van der Waals surface area contributed by atoms with Crippen LogP contribution in [0.15, 0.2) is 18.2 Å². The lowest BCUT2D eigenvalue weighted by Crippen LogP contribution is -2.24. The van der Waals surface area contributed by atoms with Crippen molar-refractivity contribution in [1.29, 1.82) is 0 Å². The lowest BCUT2D eigenvalue weighted by atomic mass is 10.1. The fourth-order valence-electron chi connectivity index (χ4n) is 1.02. The lowest BCUT2D eigenvalue weighted by Gasteiger charge is -2.03. The number of anilines is 1. The van der Waals surface area contributed by atoms with E-state index in [-0.39, 0.29) is 17.8 Å². The van der Waals surface area contributed by atoms with Gasteiger partial charge in [-0.15, -0.1) is 0 Å². The quantitative estimate of drug-likeness (QED) is 0.396. The fourth-order valence-corrected chi connectivity index (χ4v) is 1.02. The molecule has 0 saturated heterocycles. The molecule has 2 N–H and O–H groups in total. The number of carboxylic acids is 1. The fraction of sp³-hybridized carbons (Fsp3) is 0.125. The zero-order valence-corrected chi connectivity index (χ0v) is 7.10. The molecule has 6 heteroatoms. The van der Waals surface area contributed by atoms with E-state index < -0.39 is 10.9 Å². The number of benzene rings is 1. The Morgan fingerprint density at radius 2 is 2.14 bits per heavy atom. The molecule has 6 nitrogen and oxygen atoms in total. The molecule has 0 aliphatic rings. The molecule has 1 aromatic carbocycles. The van der Waals surface area contributed by atoms with Gasteiger partial charge < -0.3 is 15.6 Å². The Morgan fingerprint density at radius 3 is 2.64 bits per heavy atom. The maximum atomic E-state index is 10.4. The van der Waals surface area contributed by atoms with Gasteiger partial charge in [-0.2, -0.15) is 0 Å². The van der Waals surface area contributed by atoms with Gasteiger partial charge in [0.15, 0.2) is 0 Å². The van der Waals surface area contributed by atoms with Gasteiger partial charge in [0.25, 0.3) is 5.69 Å². The third-order valence-corrected chi connectivity index (χ3v) is 1.64. The SMILES string of the molecule is Nc1ccc(CC(=O)[O-])cc1[N+](=O)[O-]. The molecule has 0 spiro atoms. The summed E-state index contributed by atoms with van der Waals surface area (Å²) in [5.74, 6) is -1.29. The zero-order chi connectivity index (χ0) is 10.7. The van der Waals surface area contributed by atoms with Gasteiger partial charge in [0.1, 0.15) is 5.69 Å². The minimum absolute atomic E-state index is 0.0112.